The van der Waals surface area contributed by atoms with Gasteiger partial charge in [0, 0.05) is 12.6 Å². The predicted octanol–water partition coefficient (Wildman–Crippen LogP) is 2.61. The lowest BCUT2D eigenvalue weighted by atomic mass is 9.87. The molecule has 0 saturated heterocycles. The molecule has 2 rings (SSSR count). The summed E-state index contributed by atoms with van der Waals surface area (Å²) in [6.45, 7) is 7.32. The molecule has 0 bridgehead atoms. The summed E-state index contributed by atoms with van der Waals surface area (Å²) in [5.74, 6) is 0.530. The minimum Gasteiger partial charge on any atom is -0.369 e. The Kier molecular flexibility index (Phi) is 4.57. The molecule has 1 aliphatic carbocycles. The van der Waals surface area contributed by atoms with Crippen LogP contribution < -0.4 is 10.6 Å². The molecule has 110 valence electrons. The zero-order chi connectivity index (χ0) is 14.6. The van der Waals surface area contributed by atoms with E-state index in [9.17, 15) is 4.79 Å². The average Bonchev–Trinajstić information content (AvgIpc) is 2.76. The van der Waals surface area contributed by atoms with Crippen LogP contribution >= 0.6 is 0 Å². The second kappa shape index (κ2) is 6.20. The van der Waals surface area contributed by atoms with E-state index >= 15 is 0 Å². The van der Waals surface area contributed by atoms with Crippen LogP contribution in [0.1, 0.15) is 56.9 Å². The third-order valence-electron chi connectivity index (χ3n) is 3.99. The Balaban J connectivity index is 2.02. The highest BCUT2D eigenvalue weighted by molar-refractivity contribution is 5.92. The molecule has 1 fully saturated rings. The Bertz CT molecular complexity index is 473. The summed E-state index contributed by atoms with van der Waals surface area (Å²) in [6, 6.07) is 0.226. The Morgan fingerprint density at radius 2 is 2.25 bits per heavy atom. The van der Waals surface area contributed by atoms with E-state index in [0.29, 0.717) is 11.5 Å². The van der Waals surface area contributed by atoms with Gasteiger partial charge in [-0.1, -0.05) is 27.2 Å². The van der Waals surface area contributed by atoms with Gasteiger partial charge < -0.3 is 10.6 Å². The maximum Gasteiger partial charge on any atom is 0.271 e. The molecular weight excluding hydrogens is 252 g/mol. The first kappa shape index (κ1) is 14.8. The van der Waals surface area contributed by atoms with Gasteiger partial charge in [-0.25, -0.2) is 4.98 Å². The van der Waals surface area contributed by atoms with Crippen LogP contribution in [0.4, 0.5) is 5.82 Å². The molecule has 0 spiro atoms. The number of hydrogen-bond donors (Lipinski definition) is 2. The maximum atomic E-state index is 12.3. The number of nitrogens with one attached hydrogen (secondary N) is 2. The van der Waals surface area contributed by atoms with Crippen LogP contribution in [-0.4, -0.2) is 28.5 Å². The smallest absolute Gasteiger partial charge is 0.271 e. The van der Waals surface area contributed by atoms with Crippen LogP contribution in [0.5, 0.6) is 0 Å². The molecule has 1 aromatic rings. The van der Waals surface area contributed by atoms with Gasteiger partial charge in [-0.2, -0.15) is 0 Å². The quantitative estimate of drug-likeness (QED) is 0.867. The SMILES string of the molecule is CCCNc1cncc(C(=O)NC2CCCC2(C)C)n1. The minimum absolute atomic E-state index is 0.127. The van der Waals surface area contributed by atoms with Gasteiger partial charge in [0.1, 0.15) is 11.5 Å². The zero-order valence-corrected chi connectivity index (χ0v) is 12.6. The zero-order valence-electron chi connectivity index (χ0n) is 12.6. The number of rotatable bonds is 5. The van der Waals surface area contributed by atoms with Crippen molar-refractivity contribution in [3.8, 4) is 0 Å². The van der Waals surface area contributed by atoms with Crippen molar-refractivity contribution in [1.82, 2.24) is 15.3 Å². The molecule has 1 aliphatic rings. The summed E-state index contributed by atoms with van der Waals surface area (Å²) in [5, 5.41) is 6.25. The fraction of sp³-hybridized carbons (Fsp3) is 0.667. The van der Waals surface area contributed by atoms with E-state index in [1.54, 1.807) is 6.20 Å². The lowest BCUT2D eigenvalue weighted by Gasteiger charge is -2.27. The van der Waals surface area contributed by atoms with E-state index in [2.05, 4.69) is 41.4 Å². The van der Waals surface area contributed by atoms with E-state index in [-0.39, 0.29) is 17.4 Å². The highest BCUT2D eigenvalue weighted by atomic mass is 16.2. The first-order valence-electron chi connectivity index (χ1n) is 7.39. The third-order valence-corrected chi connectivity index (χ3v) is 3.99. The van der Waals surface area contributed by atoms with E-state index in [4.69, 9.17) is 0 Å². The number of nitrogens with zero attached hydrogens (tertiary/aromatic N) is 2. The maximum absolute atomic E-state index is 12.3. The Hall–Kier alpha value is -1.65. The molecule has 1 atom stereocenters. The van der Waals surface area contributed by atoms with E-state index in [1.807, 2.05) is 0 Å². The largest absolute Gasteiger partial charge is 0.369 e. The first-order valence-corrected chi connectivity index (χ1v) is 7.39. The fourth-order valence-electron chi connectivity index (χ4n) is 2.64. The molecule has 2 N–H and O–H groups in total. The summed E-state index contributed by atoms with van der Waals surface area (Å²) in [6.07, 6.45) is 7.54. The highest BCUT2D eigenvalue weighted by Crippen LogP contribution is 2.37. The molecular formula is C15H24N4O. The molecule has 5 heteroatoms. The van der Waals surface area contributed by atoms with E-state index < -0.39 is 0 Å². The van der Waals surface area contributed by atoms with Gasteiger partial charge >= 0.3 is 0 Å². The third kappa shape index (κ3) is 3.46. The van der Waals surface area contributed by atoms with Crippen LogP contribution in [0.2, 0.25) is 0 Å². The normalized spacial score (nSPS) is 20.6. The van der Waals surface area contributed by atoms with Gasteiger partial charge in [0.15, 0.2) is 0 Å². The van der Waals surface area contributed by atoms with Crippen molar-refractivity contribution in [2.24, 2.45) is 5.41 Å². The Labute approximate surface area is 120 Å². The van der Waals surface area contributed by atoms with Gasteiger partial charge in [-0.15, -0.1) is 0 Å². The molecule has 1 saturated carbocycles. The Morgan fingerprint density at radius 3 is 2.90 bits per heavy atom. The monoisotopic (exact) mass is 276 g/mol. The van der Waals surface area contributed by atoms with Gasteiger partial charge in [0.2, 0.25) is 0 Å². The number of hydrogen-bond acceptors (Lipinski definition) is 4. The summed E-state index contributed by atoms with van der Waals surface area (Å²) in [4.78, 5) is 20.7. The second-order valence-electron chi connectivity index (χ2n) is 6.12. The topological polar surface area (TPSA) is 66.9 Å². The average molecular weight is 276 g/mol. The van der Waals surface area contributed by atoms with Crippen molar-refractivity contribution >= 4 is 11.7 Å². The molecule has 1 aromatic heterocycles. The van der Waals surface area contributed by atoms with Gasteiger partial charge in [-0.05, 0) is 24.7 Å². The first-order chi connectivity index (χ1) is 9.53. The van der Waals surface area contributed by atoms with Crippen LogP contribution in [0.25, 0.3) is 0 Å². The molecule has 0 aromatic carbocycles. The van der Waals surface area contributed by atoms with Crippen molar-refractivity contribution in [2.45, 2.75) is 52.5 Å². The molecule has 1 amide bonds. The summed E-state index contributed by atoms with van der Waals surface area (Å²) < 4.78 is 0. The molecule has 0 aliphatic heterocycles. The molecule has 1 heterocycles. The van der Waals surface area contributed by atoms with Crippen molar-refractivity contribution < 1.29 is 4.79 Å². The standard InChI is InChI=1S/C15H24N4O/c1-4-8-17-13-10-16-9-11(18-13)14(20)19-12-6-5-7-15(12,2)3/h9-10,12H,4-8H2,1-3H3,(H,17,18)(H,19,20). The number of carbonyl (C=O) groups excluding carboxylic acids is 1. The van der Waals surface area contributed by atoms with Crippen molar-refractivity contribution in [3.05, 3.63) is 18.1 Å². The molecule has 0 radical (unpaired) electrons. The second-order valence-corrected chi connectivity index (χ2v) is 6.12. The lowest BCUT2D eigenvalue weighted by Crippen LogP contribution is -2.41. The minimum atomic E-state index is -0.127. The van der Waals surface area contributed by atoms with Gasteiger partial charge in [0.05, 0.1) is 12.4 Å². The summed E-state index contributed by atoms with van der Waals surface area (Å²) in [5.41, 5.74) is 0.551. The van der Waals surface area contributed by atoms with Crippen LogP contribution in [-0.2, 0) is 0 Å². The van der Waals surface area contributed by atoms with Crippen LogP contribution in [0.3, 0.4) is 0 Å². The van der Waals surface area contributed by atoms with Crippen LogP contribution in [0, 0.1) is 5.41 Å². The Morgan fingerprint density at radius 1 is 1.45 bits per heavy atom. The molecule has 5 nitrogen and oxygen atoms in total. The fourth-order valence-corrected chi connectivity index (χ4v) is 2.64. The number of anilines is 1. The summed E-state index contributed by atoms with van der Waals surface area (Å²) >= 11 is 0. The van der Waals surface area contributed by atoms with E-state index in [1.165, 1.54) is 12.6 Å². The predicted molar refractivity (Wildman–Crippen MR) is 79.7 cm³/mol. The highest BCUT2D eigenvalue weighted by Gasteiger charge is 2.35. The number of aromatic nitrogens is 2. The van der Waals surface area contributed by atoms with E-state index in [0.717, 1.165) is 25.8 Å². The number of amides is 1. The lowest BCUT2D eigenvalue weighted by molar-refractivity contribution is 0.0904. The molecule has 1 unspecified atom stereocenters. The van der Waals surface area contributed by atoms with Gasteiger partial charge in [-0.3, -0.25) is 9.78 Å². The van der Waals surface area contributed by atoms with Crippen molar-refractivity contribution in [2.75, 3.05) is 11.9 Å². The van der Waals surface area contributed by atoms with Crippen molar-refractivity contribution in [3.63, 3.8) is 0 Å². The number of carbonyl (C=O) groups is 1. The van der Waals surface area contributed by atoms with Gasteiger partial charge in [0.25, 0.3) is 5.91 Å². The summed E-state index contributed by atoms with van der Waals surface area (Å²) in [7, 11) is 0. The van der Waals surface area contributed by atoms with Crippen LogP contribution in [0.15, 0.2) is 12.4 Å². The molecule has 20 heavy (non-hydrogen) atoms. The van der Waals surface area contributed by atoms with Crippen molar-refractivity contribution in [1.29, 1.82) is 0 Å².